The average molecular weight is 486 g/mol. The Hall–Kier alpha value is -3.62. The zero-order valence-corrected chi connectivity index (χ0v) is 20.3. The van der Waals surface area contributed by atoms with Crippen LogP contribution in [-0.2, 0) is 24.3 Å². The second kappa shape index (κ2) is 10.6. The van der Waals surface area contributed by atoms with Crippen LogP contribution in [0, 0.1) is 11.8 Å². The van der Waals surface area contributed by atoms with Gasteiger partial charge in [0, 0.05) is 74.2 Å². The fourth-order valence-electron chi connectivity index (χ4n) is 5.76. The summed E-state index contributed by atoms with van der Waals surface area (Å²) in [6, 6.07) is 11.1. The number of nitrogens with one attached hydrogen (secondary N) is 1. The first-order valence-corrected chi connectivity index (χ1v) is 12.4. The Balaban J connectivity index is 1.48. The number of carbonyl (C=O) groups excluding carboxylic acids is 1. The summed E-state index contributed by atoms with van der Waals surface area (Å²) in [5.74, 6) is -0.851. The van der Waals surface area contributed by atoms with Gasteiger partial charge in [-0.25, -0.2) is 0 Å². The fourth-order valence-corrected chi connectivity index (χ4v) is 5.76. The Morgan fingerprint density at radius 2 is 1.78 bits per heavy atom. The monoisotopic (exact) mass is 485 g/mol. The van der Waals surface area contributed by atoms with Crippen LogP contribution in [0.4, 0.5) is 0 Å². The lowest BCUT2D eigenvalue weighted by atomic mass is 9.86. The van der Waals surface area contributed by atoms with E-state index in [9.17, 15) is 14.7 Å². The fraction of sp³-hybridized carbons (Fsp3) is 0.357. The maximum absolute atomic E-state index is 13.6. The molecule has 0 unspecified atom stereocenters. The summed E-state index contributed by atoms with van der Waals surface area (Å²) < 4.78 is 1.81. The number of fused-ring (bicyclic) bond motifs is 4. The summed E-state index contributed by atoms with van der Waals surface area (Å²) in [6.07, 6.45) is 11.4. The highest BCUT2D eigenvalue weighted by molar-refractivity contribution is 5.80. The highest BCUT2D eigenvalue weighted by atomic mass is 16.3. The van der Waals surface area contributed by atoms with Crippen molar-refractivity contribution in [2.75, 3.05) is 13.2 Å². The molecule has 3 aromatic heterocycles. The van der Waals surface area contributed by atoms with Crippen LogP contribution in [0.25, 0.3) is 6.08 Å². The van der Waals surface area contributed by atoms with Crippen molar-refractivity contribution >= 4 is 12.0 Å². The molecule has 2 aliphatic rings. The lowest BCUT2D eigenvalue weighted by Crippen LogP contribution is -2.46. The van der Waals surface area contributed by atoms with Gasteiger partial charge in [-0.2, -0.15) is 0 Å². The van der Waals surface area contributed by atoms with Gasteiger partial charge in [0.15, 0.2) is 0 Å². The Labute approximate surface area is 210 Å². The number of allylic oxidation sites excluding steroid dienone is 1. The van der Waals surface area contributed by atoms with Crippen LogP contribution in [0.3, 0.4) is 0 Å². The molecule has 4 atom stereocenters. The molecule has 8 heteroatoms. The van der Waals surface area contributed by atoms with E-state index in [1.165, 1.54) is 0 Å². The molecule has 1 fully saturated rings. The van der Waals surface area contributed by atoms with E-state index in [0.717, 1.165) is 16.8 Å². The first-order chi connectivity index (χ1) is 17.6. The zero-order chi connectivity index (χ0) is 25.1. The van der Waals surface area contributed by atoms with E-state index in [4.69, 9.17) is 0 Å². The van der Waals surface area contributed by atoms with E-state index < -0.39 is 5.92 Å². The highest BCUT2D eigenvalue weighted by Gasteiger charge is 2.55. The van der Waals surface area contributed by atoms with Crippen molar-refractivity contribution in [2.24, 2.45) is 11.8 Å². The second-order valence-corrected chi connectivity index (χ2v) is 9.44. The topological polar surface area (TPSA) is 100 Å². The number of aliphatic hydroxyl groups excluding tert-OH is 1. The van der Waals surface area contributed by atoms with Gasteiger partial charge in [-0.1, -0.05) is 12.2 Å². The molecule has 0 aromatic carbocycles. The predicted octanol–water partition coefficient (Wildman–Crippen LogP) is 2.19. The van der Waals surface area contributed by atoms with Gasteiger partial charge >= 0.3 is 0 Å². The van der Waals surface area contributed by atoms with Gasteiger partial charge in [0.1, 0.15) is 0 Å². The summed E-state index contributed by atoms with van der Waals surface area (Å²) in [5.41, 5.74) is 3.57. The molecule has 0 saturated carbocycles. The predicted molar refractivity (Wildman–Crippen MR) is 137 cm³/mol. The SMILES string of the molecule is C/C=C\c1ccc2n(c1=O)C[C@@H]1[C@@H](CO)[C@H](C(=O)NCCc3ccncc3)[C@H]2N1Cc1ccncc1. The minimum Gasteiger partial charge on any atom is -0.396 e. The molecule has 8 nitrogen and oxygen atoms in total. The van der Waals surface area contributed by atoms with Crippen molar-refractivity contribution in [1.82, 2.24) is 24.8 Å². The molecular formula is C28H31N5O3. The summed E-state index contributed by atoms with van der Waals surface area (Å²) in [4.78, 5) is 37.4. The number of carbonyl (C=O) groups is 1. The van der Waals surface area contributed by atoms with Gasteiger partial charge in [-0.05, 0) is 60.9 Å². The van der Waals surface area contributed by atoms with Crippen LogP contribution in [-0.4, -0.2) is 49.6 Å². The Kier molecular flexibility index (Phi) is 7.06. The number of pyridine rings is 3. The van der Waals surface area contributed by atoms with Crippen LogP contribution < -0.4 is 10.9 Å². The van der Waals surface area contributed by atoms with Crippen LogP contribution >= 0.6 is 0 Å². The Bertz CT molecular complexity index is 1290. The quantitative estimate of drug-likeness (QED) is 0.507. The molecule has 2 N–H and O–H groups in total. The van der Waals surface area contributed by atoms with Gasteiger partial charge in [-0.3, -0.25) is 24.5 Å². The maximum Gasteiger partial charge on any atom is 0.258 e. The molecule has 186 valence electrons. The number of amides is 1. The van der Waals surface area contributed by atoms with Gasteiger partial charge in [0.05, 0.1) is 12.0 Å². The van der Waals surface area contributed by atoms with Crippen molar-refractivity contribution in [2.45, 2.75) is 38.5 Å². The minimum absolute atomic E-state index is 0.0559. The number of aliphatic hydroxyl groups is 1. The molecular weight excluding hydrogens is 454 g/mol. The van der Waals surface area contributed by atoms with Crippen molar-refractivity contribution in [1.29, 1.82) is 0 Å². The minimum atomic E-state index is -0.472. The molecule has 2 bridgehead atoms. The molecule has 1 amide bonds. The van der Waals surface area contributed by atoms with Crippen molar-refractivity contribution in [3.05, 3.63) is 100.0 Å². The third kappa shape index (κ3) is 4.50. The largest absolute Gasteiger partial charge is 0.396 e. The summed E-state index contributed by atoms with van der Waals surface area (Å²) in [7, 11) is 0. The third-order valence-electron chi connectivity index (χ3n) is 7.43. The number of rotatable bonds is 8. The first kappa shape index (κ1) is 24.1. The van der Waals surface area contributed by atoms with E-state index in [2.05, 4.69) is 20.2 Å². The molecule has 0 radical (unpaired) electrons. The lowest BCUT2D eigenvalue weighted by molar-refractivity contribution is -0.127. The normalized spacial score (nSPS) is 23.1. The van der Waals surface area contributed by atoms with E-state index in [1.54, 1.807) is 29.4 Å². The maximum atomic E-state index is 13.6. The lowest BCUT2D eigenvalue weighted by Gasteiger charge is -2.38. The standard InChI is InChI=1S/C28H31N5O3/c1-2-3-21-4-5-23-26-25(27(35)31-15-10-19-6-11-29-12-7-19)22(18-34)24(17-33(23)28(21)36)32(26)16-20-8-13-30-14-9-20/h2-9,11-14,22,24-26,34H,10,15-18H2,1H3,(H,31,35)/b3-2-/t22-,24-,25+,26+/m1/s1. The molecule has 1 saturated heterocycles. The summed E-state index contributed by atoms with van der Waals surface area (Å²) >= 11 is 0. The first-order valence-electron chi connectivity index (χ1n) is 12.4. The molecule has 2 aliphatic heterocycles. The van der Waals surface area contributed by atoms with Crippen molar-refractivity contribution in [3.63, 3.8) is 0 Å². The highest BCUT2D eigenvalue weighted by Crippen LogP contribution is 2.48. The molecule has 3 aromatic rings. The van der Waals surface area contributed by atoms with E-state index in [0.29, 0.717) is 31.6 Å². The smallest absolute Gasteiger partial charge is 0.258 e. The molecule has 36 heavy (non-hydrogen) atoms. The van der Waals surface area contributed by atoms with Crippen molar-refractivity contribution < 1.29 is 9.90 Å². The third-order valence-corrected chi connectivity index (χ3v) is 7.43. The molecule has 5 heterocycles. The number of aromatic nitrogens is 3. The summed E-state index contributed by atoms with van der Waals surface area (Å²) in [5, 5.41) is 13.6. The number of hydrogen-bond acceptors (Lipinski definition) is 6. The molecule has 0 spiro atoms. The van der Waals surface area contributed by atoms with E-state index in [1.807, 2.05) is 55.5 Å². The van der Waals surface area contributed by atoms with E-state index >= 15 is 0 Å². The Morgan fingerprint density at radius 3 is 2.44 bits per heavy atom. The van der Waals surface area contributed by atoms with Crippen LogP contribution in [0.2, 0.25) is 0 Å². The van der Waals surface area contributed by atoms with Gasteiger partial charge in [-0.15, -0.1) is 0 Å². The van der Waals surface area contributed by atoms with Gasteiger partial charge in [0.2, 0.25) is 5.91 Å². The van der Waals surface area contributed by atoms with Crippen molar-refractivity contribution in [3.8, 4) is 0 Å². The Morgan fingerprint density at radius 1 is 1.08 bits per heavy atom. The van der Waals surface area contributed by atoms with Gasteiger partial charge in [0.25, 0.3) is 5.56 Å². The second-order valence-electron chi connectivity index (χ2n) is 9.44. The van der Waals surface area contributed by atoms with Crippen LogP contribution in [0.1, 0.15) is 35.3 Å². The summed E-state index contributed by atoms with van der Waals surface area (Å²) in [6.45, 7) is 3.30. The van der Waals surface area contributed by atoms with Crippen LogP contribution in [0.5, 0.6) is 0 Å². The molecule has 0 aliphatic carbocycles. The average Bonchev–Trinajstić information content (AvgIpc) is 3.11. The van der Waals surface area contributed by atoms with E-state index in [-0.39, 0.29) is 36.1 Å². The van der Waals surface area contributed by atoms with Crippen LogP contribution in [0.15, 0.2) is 72.1 Å². The van der Waals surface area contributed by atoms with Gasteiger partial charge < -0.3 is 15.0 Å². The zero-order valence-electron chi connectivity index (χ0n) is 20.3. The number of nitrogens with zero attached hydrogens (tertiary/aromatic N) is 4. The molecule has 5 rings (SSSR count). The number of hydrogen-bond donors (Lipinski definition) is 2.